The molecule has 0 aliphatic carbocycles. The maximum absolute atomic E-state index is 8.56. The molecular formula is C18H38O12. The largest absolute Gasteiger partial charge is 0.503 e. The zero-order chi connectivity index (χ0) is 24.8. The highest BCUT2D eigenvalue weighted by molar-refractivity contribution is 5.54. The summed E-state index contributed by atoms with van der Waals surface area (Å²) in [5.74, 6) is 0. The molecule has 0 atom stereocenters. The number of carbonyl (C=O) groups is 4. The average Bonchev–Trinajstić information content (AvgIpc) is 2.54. The van der Waals surface area contributed by atoms with E-state index in [-0.39, 0.29) is 0 Å². The molecule has 30 heavy (non-hydrogen) atoms. The van der Waals surface area contributed by atoms with Gasteiger partial charge in [0.2, 0.25) is 0 Å². The van der Waals surface area contributed by atoms with E-state index in [1.54, 1.807) is 0 Å². The maximum Gasteiger partial charge on any atom is 0.503 e. The summed E-state index contributed by atoms with van der Waals surface area (Å²) >= 11 is 0. The number of carboxylic acid groups (broad SMARTS) is 8. The highest BCUT2D eigenvalue weighted by atomic mass is 16.6. The van der Waals surface area contributed by atoms with Gasteiger partial charge in [0.05, 0.1) is 0 Å². The van der Waals surface area contributed by atoms with Crippen LogP contribution in [-0.2, 0) is 0 Å². The number of unbranched alkanes of at least 4 members (excludes halogenated alkanes) is 11. The van der Waals surface area contributed by atoms with Crippen LogP contribution in [0.25, 0.3) is 0 Å². The van der Waals surface area contributed by atoms with Gasteiger partial charge in [0.25, 0.3) is 0 Å². The molecule has 0 saturated heterocycles. The quantitative estimate of drug-likeness (QED) is 0.157. The normalized spacial score (nSPS) is 8.20. The molecule has 0 spiro atoms. The van der Waals surface area contributed by atoms with Crippen molar-refractivity contribution in [2.24, 2.45) is 0 Å². The summed E-state index contributed by atoms with van der Waals surface area (Å²) in [4.78, 5) is 34.2. The fraction of sp³-hybridized carbons (Fsp3) is 0.778. The van der Waals surface area contributed by atoms with Crippen LogP contribution in [-0.4, -0.2) is 65.5 Å². The first kappa shape index (κ1) is 37.8. The minimum Gasteiger partial charge on any atom is -0.450 e. The molecule has 12 nitrogen and oxygen atoms in total. The summed E-state index contributed by atoms with van der Waals surface area (Å²) in [6.45, 7) is 4.57. The van der Waals surface area contributed by atoms with Crippen molar-refractivity contribution in [3.05, 3.63) is 0 Å². The minimum absolute atomic E-state index is 1.37. The average molecular weight is 446 g/mol. The third-order valence-corrected chi connectivity index (χ3v) is 2.96. The van der Waals surface area contributed by atoms with E-state index >= 15 is 0 Å². The molecule has 182 valence electrons. The van der Waals surface area contributed by atoms with Crippen LogP contribution in [0.5, 0.6) is 0 Å². The molecular weight excluding hydrogens is 408 g/mol. The van der Waals surface area contributed by atoms with Gasteiger partial charge in [0, 0.05) is 0 Å². The molecule has 12 heteroatoms. The first-order valence-electron chi connectivity index (χ1n) is 9.52. The minimum atomic E-state index is -1.83. The van der Waals surface area contributed by atoms with Crippen LogP contribution in [0.4, 0.5) is 19.2 Å². The van der Waals surface area contributed by atoms with Crippen LogP contribution < -0.4 is 0 Å². The summed E-state index contributed by atoms with van der Waals surface area (Å²) in [7, 11) is 0. The van der Waals surface area contributed by atoms with Gasteiger partial charge in [-0.1, -0.05) is 90.9 Å². The molecule has 0 saturated carbocycles. The van der Waals surface area contributed by atoms with Crippen LogP contribution >= 0.6 is 0 Å². The summed E-state index contributed by atoms with van der Waals surface area (Å²) in [5, 5.41) is 55.8. The van der Waals surface area contributed by atoms with Crippen molar-refractivity contribution in [3.63, 3.8) is 0 Å². The van der Waals surface area contributed by atoms with Gasteiger partial charge in [-0.25, -0.2) is 19.2 Å². The smallest absolute Gasteiger partial charge is 0.450 e. The molecule has 0 aliphatic heterocycles. The summed E-state index contributed by atoms with van der Waals surface area (Å²) in [6, 6.07) is 0. The Labute approximate surface area is 176 Å². The van der Waals surface area contributed by atoms with Crippen LogP contribution in [0.2, 0.25) is 0 Å². The molecule has 8 N–H and O–H groups in total. The number of hydrogen-bond acceptors (Lipinski definition) is 4. The van der Waals surface area contributed by atoms with Gasteiger partial charge in [-0.15, -0.1) is 0 Å². The standard InChI is InChI=1S/C14H30.4CH2O3/c1-3-5-7-9-11-13-14-12-10-8-6-4-2;4*2-1(3)4/h3-14H2,1-2H3;4*(H2,2,3,4). The van der Waals surface area contributed by atoms with Crippen LogP contribution in [0, 0.1) is 0 Å². The van der Waals surface area contributed by atoms with E-state index in [9.17, 15) is 0 Å². The third kappa shape index (κ3) is 223. The molecule has 0 aromatic rings. The van der Waals surface area contributed by atoms with E-state index in [0.29, 0.717) is 0 Å². The van der Waals surface area contributed by atoms with E-state index in [0.717, 1.165) is 0 Å². The Kier molecular flexibility index (Phi) is 46.5. The topological polar surface area (TPSA) is 230 Å². The van der Waals surface area contributed by atoms with Crippen molar-refractivity contribution in [2.75, 3.05) is 0 Å². The van der Waals surface area contributed by atoms with Crippen LogP contribution in [0.3, 0.4) is 0 Å². The molecule has 0 radical (unpaired) electrons. The fourth-order valence-electron chi connectivity index (χ4n) is 1.91. The Balaban J connectivity index is -0.000000106. The second-order valence-corrected chi connectivity index (χ2v) is 5.67. The lowest BCUT2D eigenvalue weighted by Gasteiger charge is -2.01. The van der Waals surface area contributed by atoms with Crippen molar-refractivity contribution in [1.82, 2.24) is 0 Å². The lowest BCUT2D eigenvalue weighted by molar-refractivity contribution is 0.135. The van der Waals surface area contributed by atoms with Crippen LogP contribution in [0.1, 0.15) is 90.9 Å². The second kappa shape index (κ2) is 36.9. The fourth-order valence-corrected chi connectivity index (χ4v) is 1.91. The molecule has 0 amide bonds. The Bertz CT molecular complexity index is 309. The van der Waals surface area contributed by atoms with Gasteiger partial charge < -0.3 is 40.9 Å². The molecule has 0 bridgehead atoms. The van der Waals surface area contributed by atoms with Gasteiger partial charge >= 0.3 is 24.6 Å². The molecule has 0 rings (SSSR count). The van der Waals surface area contributed by atoms with E-state index in [1.165, 1.54) is 77.0 Å². The molecule has 0 aromatic heterocycles. The molecule has 0 aliphatic rings. The van der Waals surface area contributed by atoms with Crippen molar-refractivity contribution in [2.45, 2.75) is 90.9 Å². The Morgan fingerprint density at radius 3 is 0.567 bits per heavy atom. The Morgan fingerprint density at radius 2 is 0.467 bits per heavy atom. The monoisotopic (exact) mass is 446 g/mol. The Hall–Kier alpha value is -2.92. The van der Waals surface area contributed by atoms with Crippen molar-refractivity contribution in [1.29, 1.82) is 0 Å². The lowest BCUT2D eigenvalue weighted by atomic mass is 10.1. The first-order valence-corrected chi connectivity index (χ1v) is 9.52. The first-order chi connectivity index (χ1) is 13.8. The molecule has 0 aromatic carbocycles. The highest BCUT2D eigenvalue weighted by Gasteiger charge is 1.91. The van der Waals surface area contributed by atoms with Crippen molar-refractivity contribution < 1.29 is 60.0 Å². The zero-order valence-electron chi connectivity index (χ0n) is 17.7. The highest BCUT2D eigenvalue weighted by Crippen LogP contribution is 2.11. The third-order valence-electron chi connectivity index (χ3n) is 2.96. The van der Waals surface area contributed by atoms with Crippen molar-refractivity contribution >= 4 is 24.6 Å². The van der Waals surface area contributed by atoms with Gasteiger partial charge in [-0.2, -0.15) is 0 Å². The van der Waals surface area contributed by atoms with Crippen LogP contribution in [0.15, 0.2) is 0 Å². The van der Waals surface area contributed by atoms with E-state index in [1.807, 2.05) is 0 Å². The number of rotatable bonds is 11. The van der Waals surface area contributed by atoms with E-state index in [4.69, 9.17) is 60.0 Å². The summed E-state index contributed by atoms with van der Waals surface area (Å²) in [6.07, 6.45) is 10.1. The second-order valence-electron chi connectivity index (χ2n) is 5.67. The Morgan fingerprint density at radius 1 is 0.367 bits per heavy atom. The zero-order valence-corrected chi connectivity index (χ0v) is 17.7. The lowest BCUT2D eigenvalue weighted by Crippen LogP contribution is -1.81. The van der Waals surface area contributed by atoms with E-state index < -0.39 is 24.6 Å². The number of hydrogen-bond donors (Lipinski definition) is 8. The molecule has 0 heterocycles. The van der Waals surface area contributed by atoms with E-state index in [2.05, 4.69) is 13.8 Å². The van der Waals surface area contributed by atoms with Crippen molar-refractivity contribution in [3.8, 4) is 0 Å². The molecule has 0 fully saturated rings. The maximum atomic E-state index is 8.56. The molecule has 0 unspecified atom stereocenters. The summed E-state index contributed by atoms with van der Waals surface area (Å²) in [5.41, 5.74) is 0. The van der Waals surface area contributed by atoms with Gasteiger partial charge in [0.1, 0.15) is 0 Å². The SMILES string of the molecule is CCCCCCCCCCCCCC.O=C(O)O.O=C(O)O.O=C(O)O.O=C(O)O. The predicted molar refractivity (Wildman–Crippen MR) is 109 cm³/mol. The van der Waals surface area contributed by atoms with Gasteiger partial charge in [-0.05, 0) is 0 Å². The van der Waals surface area contributed by atoms with Gasteiger partial charge in [0.15, 0.2) is 0 Å². The predicted octanol–water partition coefficient (Wildman–Crippen LogP) is 6.60. The van der Waals surface area contributed by atoms with Gasteiger partial charge in [-0.3, -0.25) is 0 Å². The summed E-state index contributed by atoms with van der Waals surface area (Å²) < 4.78 is 0.